The van der Waals surface area contributed by atoms with Crippen LogP contribution in [-0.2, 0) is 11.3 Å². The number of esters is 1. The van der Waals surface area contributed by atoms with E-state index in [-0.39, 0.29) is 23.6 Å². The van der Waals surface area contributed by atoms with Crippen LogP contribution in [0.15, 0.2) is 41.3 Å². The molecule has 0 saturated heterocycles. The van der Waals surface area contributed by atoms with Gasteiger partial charge in [0.2, 0.25) is 5.43 Å². The van der Waals surface area contributed by atoms with E-state index in [4.69, 9.17) is 9.57 Å². The Kier molecular flexibility index (Phi) is 9.61. The third-order valence-corrected chi connectivity index (χ3v) is 4.54. The minimum absolute atomic E-state index is 0.0915. The Morgan fingerprint density at radius 3 is 2.29 bits per heavy atom. The molecule has 0 radical (unpaired) electrons. The first-order chi connectivity index (χ1) is 15.0. The first-order valence-corrected chi connectivity index (χ1v) is 10.5. The van der Waals surface area contributed by atoms with Crippen LogP contribution in [0, 0.1) is 0 Å². The van der Waals surface area contributed by atoms with E-state index in [2.05, 4.69) is 17.0 Å². The number of nitrogens with zero attached hydrogens (tertiary/aromatic N) is 1. The summed E-state index contributed by atoms with van der Waals surface area (Å²) in [5.74, 6) is -0.591. The maximum absolute atomic E-state index is 12.5. The largest absolute Gasteiger partial charge is 0.488 e. The molecule has 1 aromatic heterocycles. The van der Waals surface area contributed by atoms with Gasteiger partial charge >= 0.3 is 5.97 Å². The topological polar surface area (TPSA) is 95.9 Å². The number of aromatic nitrogens is 1. The lowest BCUT2D eigenvalue weighted by atomic mass is 10.1. The number of methoxy groups -OCH3 is 1. The van der Waals surface area contributed by atoms with E-state index in [0.29, 0.717) is 30.0 Å². The van der Waals surface area contributed by atoms with E-state index in [1.807, 2.05) is 6.92 Å². The van der Waals surface area contributed by atoms with Gasteiger partial charge in [0.15, 0.2) is 5.75 Å². The van der Waals surface area contributed by atoms with E-state index in [1.54, 1.807) is 0 Å². The molecule has 0 aliphatic heterocycles. The summed E-state index contributed by atoms with van der Waals surface area (Å²) in [6, 6.07) is 7.53. The van der Waals surface area contributed by atoms with Crippen molar-refractivity contribution in [3.8, 4) is 5.75 Å². The van der Waals surface area contributed by atoms with Gasteiger partial charge in [0, 0.05) is 11.6 Å². The molecule has 8 heteroatoms. The molecule has 0 saturated carbocycles. The van der Waals surface area contributed by atoms with Gasteiger partial charge in [0.25, 0.3) is 5.91 Å². The molecule has 1 amide bonds. The monoisotopic (exact) mass is 430 g/mol. The van der Waals surface area contributed by atoms with Crippen LogP contribution in [0.2, 0.25) is 0 Å². The molecular formula is C23H30N2O6. The van der Waals surface area contributed by atoms with E-state index in [9.17, 15) is 14.4 Å². The van der Waals surface area contributed by atoms with Crippen LogP contribution >= 0.6 is 0 Å². The molecule has 0 aliphatic rings. The van der Waals surface area contributed by atoms with Crippen LogP contribution in [0.1, 0.15) is 65.9 Å². The molecule has 2 rings (SSSR count). The summed E-state index contributed by atoms with van der Waals surface area (Å²) in [6.45, 7) is 5.13. The number of hydrogen-bond donors (Lipinski definition) is 1. The number of unbranched alkanes of at least 4 members (excludes halogenated alkanes) is 2. The van der Waals surface area contributed by atoms with Crippen LogP contribution in [0.25, 0.3) is 0 Å². The summed E-state index contributed by atoms with van der Waals surface area (Å²) in [5.41, 5.74) is 0.977. The molecule has 168 valence electrons. The van der Waals surface area contributed by atoms with E-state index >= 15 is 0 Å². The highest BCUT2D eigenvalue weighted by atomic mass is 16.7. The van der Waals surface area contributed by atoms with Gasteiger partial charge in [-0.3, -0.25) is 9.59 Å². The number of pyridine rings is 1. The second-order valence-electron chi connectivity index (χ2n) is 6.96. The molecule has 1 N–H and O–H groups in total. The first kappa shape index (κ1) is 24.0. The number of rotatable bonds is 12. The quantitative estimate of drug-likeness (QED) is 0.411. The van der Waals surface area contributed by atoms with Gasteiger partial charge in [-0.2, -0.15) is 4.73 Å². The number of ether oxygens (including phenoxy) is 2. The van der Waals surface area contributed by atoms with Crippen molar-refractivity contribution in [1.29, 1.82) is 0 Å². The second kappa shape index (κ2) is 12.4. The standard InChI is InChI=1S/C23H30N2O6/c1-4-6-12-30-21-16-25(31-13-7-5-2)19(14-20(21)26)15-24-22(27)17-8-10-18(11-9-17)23(28)29-3/h8-11,14,16H,4-7,12-13,15H2,1-3H3,(H,24,27). The number of carbonyl (C=O) groups is 2. The van der Waals surface area contributed by atoms with Gasteiger partial charge in [-0.1, -0.05) is 26.7 Å². The normalized spacial score (nSPS) is 10.4. The third kappa shape index (κ3) is 7.16. The molecule has 1 aromatic carbocycles. The highest BCUT2D eigenvalue weighted by molar-refractivity contribution is 5.96. The predicted molar refractivity (Wildman–Crippen MR) is 116 cm³/mol. The van der Waals surface area contributed by atoms with Crippen LogP contribution in [0.5, 0.6) is 5.75 Å². The molecule has 0 atom stereocenters. The lowest BCUT2D eigenvalue weighted by Crippen LogP contribution is -2.28. The van der Waals surface area contributed by atoms with Gasteiger partial charge < -0.3 is 19.6 Å². The predicted octanol–water partition coefficient (Wildman–Crippen LogP) is 2.97. The lowest BCUT2D eigenvalue weighted by molar-refractivity contribution is 0.0600. The van der Waals surface area contributed by atoms with Gasteiger partial charge in [0.1, 0.15) is 6.61 Å². The summed E-state index contributed by atoms with van der Waals surface area (Å²) in [4.78, 5) is 42.2. The second-order valence-corrected chi connectivity index (χ2v) is 6.96. The zero-order valence-electron chi connectivity index (χ0n) is 18.3. The molecule has 8 nitrogen and oxygen atoms in total. The maximum atomic E-state index is 12.5. The highest BCUT2D eigenvalue weighted by Crippen LogP contribution is 2.09. The highest BCUT2D eigenvalue weighted by Gasteiger charge is 2.13. The van der Waals surface area contributed by atoms with Gasteiger partial charge in [-0.15, -0.1) is 0 Å². The van der Waals surface area contributed by atoms with Crippen molar-refractivity contribution >= 4 is 11.9 Å². The van der Waals surface area contributed by atoms with Crippen molar-refractivity contribution in [3.05, 3.63) is 63.6 Å². The number of benzene rings is 1. The van der Waals surface area contributed by atoms with Crippen LogP contribution in [0.3, 0.4) is 0 Å². The Morgan fingerprint density at radius 2 is 1.65 bits per heavy atom. The molecule has 0 unspecified atom stereocenters. The molecule has 0 bridgehead atoms. The minimum atomic E-state index is -0.471. The van der Waals surface area contributed by atoms with Crippen LogP contribution in [0.4, 0.5) is 0 Å². The minimum Gasteiger partial charge on any atom is -0.488 e. The first-order valence-electron chi connectivity index (χ1n) is 10.5. The van der Waals surface area contributed by atoms with E-state index in [0.717, 1.165) is 25.7 Å². The molecule has 0 aliphatic carbocycles. The maximum Gasteiger partial charge on any atom is 0.337 e. The van der Waals surface area contributed by atoms with Gasteiger partial charge in [-0.25, -0.2) is 4.79 Å². The molecule has 0 fully saturated rings. The summed E-state index contributed by atoms with van der Waals surface area (Å²) in [6.07, 6.45) is 5.17. The number of carbonyl (C=O) groups excluding carboxylic acids is 2. The molecule has 31 heavy (non-hydrogen) atoms. The number of hydrogen-bond acceptors (Lipinski definition) is 6. The number of amides is 1. The average molecular weight is 431 g/mol. The Balaban J connectivity index is 2.12. The Morgan fingerprint density at radius 1 is 1.00 bits per heavy atom. The van der Waals surface area contributed by atoms with Crippen molar-refractivity contribution < 1.29 is 23.9 Å². The molecule has 1 heterocycles. The Labute approximate surface area is 182 Å². The zero-order valence-corrected chi connectivity index (χ0v) is 18.3. The summed E-state index contributed by atoms with van der Waals surface area (Å²) in [5, 5.41) is 2.77. The van der Waals surface area contributed by atoms with Crippen molar-refractivity contribution in [1.82, 2.24) is 10.0 Å². The molecule has 0 spiro atoms. The summed E-state index contributed by atoms with van der Waals surface area (Å²) < 4.78 is 11.7. The fourth-order valence-electron chi connectivity index (χ4n) is 2.68. The van der Waals surface area contributed by atoms with Gasteiger partial charge in [0.05, 0.1) is 37.7 Å². The van der Waals surface area contributed by atoms with Crippen LogP contribution < -0.4 is 20.3 Å². The Hall–Kier alpha value is -3.29. The van der Waals surface area contributed by atoms with E-state index < -0.39 is 5.97 Å². The van der Waals surface area contributed by atoms with Crippen LogP contribution in [-0.4, -0.2) is 36.9 Å². The zero-order chi connectivity index (χ0) is 22.6. The van der Waals surface area contributed by atoms with E-state index in [1.165, 1.54) is 48.4 Å². The SMILES string of the molecule is CCCCOc1cn(OCCCC)c(CNC(=O)c2ccc(C(=O)OC)cc2)cc1=O. The third-order valence-electron chi connectivity index (χ3n) is 4.54. The number of nitrogens with one attached hydrogen (secondary N) is 1. The average Bonchev–Trinajstić information content (AvgIpc) is 2.79. The van der Waals surface area contributed by atoms with Crippen molar-refractivity contribution in [2.75, 3.05) is 20.3 Å². The Bertz CT molecular complexity index is 921. The lowest BCUT2D eigenvalue weighted by Gasteiger charge is -2.16. The summed E-state index contributed by atoms with van der Waals surface area (Å²) in [7, 11) is 1.30. The molecular weight excluding hydrogens is 400 g/mol. The summed E-state index contributed by atoms with van der Waals surface area (Å²) >= 11 is 0. The smallest absolute Gasteiger partial charge is 0.337 e. The van der Waals surface area contributed by atoms with Gasteiger partial charge in [-0.05, 0) is 37.1 Å². The fraction of sp³-hybridized carbons (Fsp3) is 0.435. The fourth-order valence-corrected chi connectivity index (χ4v) is 2.68. The molecule has 2 aromatic rings. The van der Waals surface area contributed by atoms with Crippen molar-refractivity contribution in [2.45, 2.75) is 46.1 Å². The van der Waals surface area contributed by atoms with Crippen molar-refractivity contribution in [2.24, 2.45) is 0 Å². The van der Waals surface area contributed by atoms with Crippen molar-refractivity contribution in [3.63, 3.8) is 0 Å².